The first-order chi connectivity index (χ1) is 12.6. The molecular formula is C19H33IN4O2S. The molecule has 1 saturated carbocycles. The number of guanidine groups is 1. The van der Waals surface area contributed by atoms with Gasteiger partial charge in [-0.2, -0.15) is 11.8 Å². The second-order valence-corrected chi connectivity index (χ2v) is 8.11. The molecule has 1 fully saturated rings. The Kier molecular flexibility index (Phi) is 11.9. The summed E-state index contributed by atoms with van der Waals surface area (Å²) in [7, 11) is 0. The number of carbonyl (C=O) groups is 1. The first kappa shape index (κ1) is 24.1. The van der Waals surface area contributed by atoms with Gasteiger partial charge in [-0.15, -0.1) is 24.0 Å². The Morgan fingerprint density at radius 1 is 1.33 bits per heavy atom. The summed E-state index contributed by atoms with van der Waals surface area (Å²) >= 11 is 2.06. The second kappa shape index (κ2) is 13.3. The average Bonchev–Trinajstić information content (AvgIpc) is 3.24. The molecule has 1 heterocycles. The van der Waals surface area contributed by atoms with Gasteiger partial charge in [-0.25, -0.2) is 0 Å². The fraction of sp³-hybridized carbons (Fsp3) is 0.684. The Bertz CT molecular complexity index is 594. The van der Waals surface area contributed by atoms with Crippen LogP contribution in [0.15, 0.2) is 21.7 Å². The molecule has 0 bridgehead atoms. The van der Waals surface area contributed by atoms with E-state index in [1.165, 1.54) is 31.3 Å². The number of hydrogen-bond donors (Lipinski definition) is 3. The molecule has 0 aromatic carbocycles. The number of halogens is 1. The topological polar surface area (TPSA) is 78.7 Å². The van der Waals surface area contributed by atoms with Gasteiger partial charge in [-0.1, -0.05) is 6.92 Å². The fourth-order valence-corrected chi connectivity index (χ4v) is 4.27. The van der Waals surface area contributed by atoms with E-state index in [9.17, 15) is 4.79 Å². The number of nitrogens with zero attached hydrogens (tertiary/aromatic N) is 1. The largest absolute Gasteiger partial charge is 0.459 e. The minimum atomic E-state index is -0.160. The van der Waals surface area contributed by atoms with Crippen molar-refractivity contribution in [3.05, 3.63) is 23.7 Å². The van der Waals surface area contributed by atoms with Crippen molar-refractivity contribution in [1.82, 2.24) is 16.0 Å². The predicted molar refractivity (Wildman–Crippen MR) is 124 cm³/mol. The van der Waals surface area contributed by atoms with E-state index >= 15 is 0 Å². The number of aliphatic imine (C=N–C) groups is 1. The summed E-state index contributed by atoms with van der Waals surface area (Å²) in [4.78, 5) is 16.6. The van der Waals surface area contributed by atoms with Crippen LogP contribution in [0.5, 0.6) is 0 Å². The van der Waals surface area contributed by atoms with Crippen molar-refractivity contribution < 1.29 is 9.21 Å². The number of nitrogens with one attached hydrogen (secondary N) is 3. The number of amides is 1. The van der Waals surface area contributed by atoms with Crippen molar-refractivity contribution in [2.45, 2.75) is 57.7 Å². The summed E-state index contributed by atoms with van der Waals surface area (Å²) in [5.41, 5.74) is 0.857. The number of hydrogen-bond acceptors (Lipinski definition) is 4. The van der Waals surface area contributed by atoms with Crippen LogP contribution in [0.3, 0.4) is 0 Å². The summed E-state index contributed by atoms with van der Waals surface area (Å²) in [5.74, 6) is 2.30. The molecule has 3 N–H and O–H groups in total. The van der Waals surface area contributed by atoms with Crippen molar-refractivity contribution >= 4 is 47.6 Å². The Morgan fingerprint density at radius 2 is 2.15 bits per heavy atom. The maximum absolute atomic E-state index is 12.0. The summed E-state index contributed by atoms with van der Waals surface area (Å²) < 4.78 is 5.19. The maximum atomic E-state index is 12.0. The standard InChI is InChI=1S/C19H32N4O2S.HI/c1-4-20-19(23-15-7-8-16(13-15)26-5-2)22-11-6-10-21-18(24)17-14(3)9-12-25-17;/h9,12,15-16H,4-8,10-11,13H2,1-3H3,(H,21,24)(H2,20,22,23);1H. The van der Waals surface area contributed by atoms with Crippen LogP contribution in [0.25, 0.3) is 0 Å². The molecule has 2 unspecified atom stereocenters. The minimum absolute atomic E-state index is 0. The lowest BCUT2D eigenvalue weighted by Crippen LogP contribution is -2.42. The Balaban J connectivity index is 0.00000364. The molecule has 0 spiro atoms. The highest BCUT2D eigenvalue weighted by Gasteiger charge is 2.25. The van der Waals surface area contributed by atoms with Crippen LogP contribution in [-0.2, 0) is 0 Å². The molecule has 1 aliphatic rings. The molecule has 0 aliphatic heterocycles. The van der Waals surface area contributed by atoms with Crippen LogP contribution in [0.2, 0.25) is 0 Å². The van der Waals surface area contributed by atoms with Crippen molar-refractivity contribution in [2.75, 3.05) is 25.4 Å². The third-order valence-corrected chi connectivity index (χ3v) is 5.66. The Labute approximate surface area is 184 Å². The number of rotatable bonds is 9. The summed E-state index contributed by atoms with van der Waals surface area (Å²) in [6, 6.07) is 2.30. The van der Waals surface area contributed by atoms with E-state index in [4.69, 9.17) is 4.42 Å². The third kappa shape index (κ3) is 8.33. The molecule has 1 aromatic heterocycles. The molecule has 0 radical (unpaired) electrons. The zero-order valence-electron chi connectivity index (χ0n) is 16.5. The quantitative estimate of drug-likeness (QED) is 0.206. The molecule has 1 aromatic rings. The van der Waals surface area contributed by atoms with Gasteiger partial charge >= 0.3 is 0 Å². The molecule has 1 aliphatic carbocycles. The lowest BCUT2D eigenvalue weighted by atomic mass is 10.2. The van der Waals surface area contributed by atoms with E-state index in [0.29, 0.717) is 24.9 Å². The van der Waals surface area contributed by atoms with Gasteiger partial charge in [0.2, 0.25) is 0 Å². The van der Waals surface area contributed by atoms with Crippen LogP contribution in [0.1, 0.15) is 55.6 Å². The molecule has 6 nitrogen and oxygen atoms in total. The fourth-order valence-electron chi connectivity index (χ4n) is 3.13. The molecular weight excluding hydrogens is 475 g/mol. The number of aryl methyl sites for hydroxylation is 1. The van der Waals surface area contributed by atoms with Gasteiger partial charge in [-0.3, -0.25) is 9.79 Å². The van der Waals surface area contributed by atoms with E-state index < -0.39 is 0 Å². The van der Waals surface area contributed by atoms with E-state index in [2.05, 4.69) is 46.6 Å². The van der Waals surface area contributed by atoms with Crippen LogP contribution >= 0.6 is 35.7 Å². The van der Waals surface area contributed by atoms with E-state index in [1.54, 1.807) is 6.07 Å². The molecule has 0 saturated heterocycles. The zero-order valence-corrected chi connectivity index (χ0v) is 19.7. The average molecular weight is 508 g/mol. The van der Waals surface area contributed by atoms with Crippen molar-refractivity contribution in [3.63, 3.8) is 0 Å². The van der Waals surface area contributed by atoms with Gasteiger partial charge in [-0.05, 0) is 51.3 Å². The smallest absolute Gasteiger partial charge is 0.287 e. The summed E-state index contributed by atoms with van der Waals surface area (Å²) in [5, 5.41) is 10.5. The van der Waals surface area contributed by atoms with Gasteiger partial charge < -0.3 is 20.4 Å². The highest BCUT2D eigenvalue weighted by Crippen LogP contribution is 2.29. The first-order valence-corrected chi connectivity index (χ1v) is 10.7. The van der Waals surface area contributed by atoms with Crippen molar-refractivity contribution in [3.8, 4) is 0 Å². The molecule has 27 heavy (non-hydrogen) atoms. The molecule has 154 valence electrons. The summed E-state index contributed by atoms with van der Waals surface area (Å²) in [6.07, 6.45) is 6.03. The normalized spacial score (nSPS) is 19.4. The van der Waals surface area contributed by atoms with Crippen molar-refractivity contribution in [1.29, 1.82) is 0 Å². The van der Waals surface area contributed by atoms with Gasteiger partial charge in [0.15, 0.2) is 11.7 Å². The molecule has 1 amide bonds. The summed E-state index contributed by atoms with van der Waals surface area (Å²) in [6.45, 7) is 8.27. The first-order valence-electron chi connectivity index (χ1n) is 9.62. The lowest BCUT2D eigenvalue weighted by molar-refractivity contribution is 0.0925. The number of carbonyl (C=O) groups excluding carboxylic acids is 1. The lowest BCUT2D eigenvalue weighted by Gasteiger charge is -2.17. The van der Waals surface area contributed by atoms with Crippen LogP contribution in [0, 0.1) is 6.92 Å². The number of thioether (sulfide) groups is 1. The third-order valence-electron chi connectivity index (χ3n) is 4.43. The second-order valence-electron chi connectivity index (χ2n) is 6.53. The minimum Gasteiger partial charge on any atom is -0.459 e. The van der Waals surface area contributed by atoms with Crippen LogP contribution in [-0.4, -0.2) is 48.5 Å². The van der Waals surface area contributed by atoms with Gasteiger partial charge in [0.05, 0.1) is 6.26 Å². The Morgan fingerprint density at radius 3 is 2.81 bits per heavy atom. The van der Waals surface area contributed by atoms with Crippen LogP contribution in [0.4, 0.5) is 0 Å². The molecule has 8 heteroatoms. The van der Waals surface area contributed by atoms with E-state index in [-0.39, 0.29) is 29.9 Å². The predicted octanol–water partition coefficient (Wildman–Crippen LogP) is 3.56. The monoisotopic (exact) mass is 508 g/mol. The van der Waals surface area contributed by atoms with E-state index in [1.807, 2.05) is 6.92 Å². The van der Waals surface area contributed by atoms with Gasteiger partial charge in [0.25, 0.3) is 5.91 Å². The van der Waals surface area contributed by atoms with Gasteiger partial charge in [0.1, 0.15) is 0 Å². The Hall–Kier alpha value is -0.900. The highest BCUT2D eigenvalue weighted by molar-refractivity contribution is 14.0. The maximum Gasteiger partial charge on any atom is 0.287 e. The zero-order chi connectivity index (χ0) is 18.8. The number of furan rings is 1. The van der Waals surface area contributed by atoms with Gasteiger partial charge in [0, 0.05) is 36.5 Å². The SMILES string of the molecule is CCNC(=NCCCNC(=O)c1occc1C)NC1CCC(SCC)C1.I. The van der Waals surface area contributed by atoms with E-state index in [0.717, 1.165) is 29.7 Å². The van der Waals surface area contributed by atoms with Crippen molar-refractivity contribution in [2.24, 2.45) is 4.99 Å². The van der Waals surface area contributed by atoms with Crippen LogP contribution < -0.4 is 16.0 Å². The molecule has 2 rings (SSSR count). The highest BCUT2D eigenvalue weighted by atomic mass is 127. The molecule has 2 atom stereocenters.